The molecule has 0 aliphatic heterocycles. The zero-order chi connectivity index (χ0) is 12.4. The van der Waals surface area contributed by atoms with Gasteiger partial charge in [-0.1, -0.05) is 24.9 Å². The third kappa shape index (κ3) is 2.31. The lowest BCUT2D eigenvalue weighted by atomic mass is 10.2. The molecule has 0 radical (unpaired) electrons. The Labute approximate surface area is 107 Å². The summed E-state index contributed by atoms with van der Waals surface area (Å²) in [6.07, 6.45) is 2.02. The second-order valence-electron chi connectivity index (χ2n) is 4.24. The van der Waals surface area contributed by atoms with Gasteiger partial charge in [0.1, 0.15) is 5.82 Å². The Morgan fingerprint density at radius 3 is 2.82 bits per heavy atom. The third-order valence-corrected chi connectivity index (χ3v) is 3.22. The molecule has 0 aliphatic rings. The van der Waals surface area contributed by atoms with Crippen molar-refractivity contribution >= 4 is 22.6 Å². The molecule has 1 atom stereocenters. The van der Waals surface area contributed by atoms with Gasteiger partial charge in [0.2, 0.25) is 0 Å². The molecule has 1 heterocycles. The first kappa shape index (κ1) is 12.4. The number of imidazole rings is 1. The van der Waals surface area contributed by atoms with Crippen molar-refractivity contribution in [2.75, 3.05) is 0 Å². The van der Waals surface area contributed by atoms with Gasteiger partial charge in [-0.25, -0.2) is 4.98 Å². The quantitative estimate of drug-likeness (QED) is 0.904. The largest absolute Gasteiger partial charge is 0.327 e. The van der Waals surface area contributed by atoms with Crippen LogP contribution in [0.25, 0.3) is 11.0 Å². The van der Waals surface area contributed by atoms with E-state index in [2.05, 4.69) is 23.4 Å². The number of aromatic nitrogens is 2. The zero-order valence-electron chi connectivity index (χ0n) is 10.3. The molecule has 2 N–H and O–H groups in total. The average Bonchev–Trinajstić information content (AvgIpc) is 2.67. The molecule has 0 fully saturated rings. The van der Waals surface area contributed by atoms with E-state index in [4.69, 9.17) is 17.3 Å². The lowest BCUT2D eigenvalue weighted by Crippen LogP contribution is -2.16. The highest BCUT2D eigenvalue weighted by atomic mass is 35.5. The molecule has 1 aromatic carbocycles. The Morgan fingerprint density at radius 2 is 2.18 bits per heavy atom. The van der Waals surface area contributed by atoms with E-state index < -0.39 is 0 Å². The lowest BCUT2D eigenvalue weighted by molar-refractivity contribution is 0.566. The summed E-state index contributed by atoms with van der Waals surface area (Å²) in [5.41, 5.74) is 8.21. The summed E-state index contributed by atoms with van der Waals surface area (Å²) in [6, 6.07) is 5.78. The topological polar surface area (TPSA) is 43.8 Å². The van der Waals surface area contributed by atoms with Crippen LogP contribution in [0.3, 0.4) is 0 Å². The van der Waals surface area contributed by atoms with Gasteiger partial charge in [0, 0.05) is 11.6 Å². The van der Waals surface area contributed by atoms with E-state index in [1.807, 2.05) is 18.2 Å². The predicted octanol–water partition coefficient (Wildman–Crippen LogP) is 3.51. The summed E-state index contributed by atoms with van der Waals surface area (Å²) in [5.74, 6) is 0.964. The fourth-order valence-electron chi connectivity index (χ4n) is 2.17. The maximum absolute atomic E-state index is 6.17. The Morgan fingerprint density at radius 1 is 1.41 bits per heavy atom. The Hall–Kier alpha value is -1.06. The number of aryl methyl sites for hydroxylation is 1. The number of hydrogen-bond donors (Lipinski definition) is 1. The Kier molecular flexibility index (Phi) is 3.69. The summed E-state index contributed by atoms with van der Waals surface area (Å²) in [5, 5.41) is 0.739. The molecule has 0 spiro atoms. The van der Waals surface area contributed by atoms with Crippen LogP contribution in [-0.4, -0.2) is 9.55 Å². The number of fused-ring (bicyclic) bond motifs is 1. The molecular formula is C13H18ClN3. The van der Waals surface area contributed by atoms with Crippen molar-refractivity contribution in [2.24, 2.45) is 5.73 Å². The van der Waals surface area contributed by atoms with Crippen molar-refractivity contribution in [1.82, 2.24) is 9.55 Å². The van der Waals surface area contributed by atoms with E-state index in [0.717, 1.165) is 41.3 Å². The maximum atomic E-state index is 6.17. The second kappa shape index (κ2) is 5.07. The third-order valence-electron chi connectivity index (χ3n) is 2.99. The van der Waals surface area contributed by atoms with Crippen LogP contribution in [0.1, 0.15) is 38.6 Å². The predicted molar refractivity (Wildman–Crippen MR) is 72.3 cm³/mol. The van der Waals surface area contributed by atoms with Crippen molar-refractivity contribution < 1.29 is 0 Å². The van der Waals surface area contributed by atoms with E-state index in [1.165, 1.54) is 0 Å². The summed E-state index contributed by atoms with van der Waals surface area (Å²) >= 11 is 6.03. The van der Waals surface area contributed by atoms with Crippen LogP contribution < -0.4 is 5.73 Å². The van der Waals surface area contributed by atoms with E-state index in [1.54, 1.807) is 0 Å². The first-order valence-corrected chi connectivity index (χ1v) is 6.46. The SMILES string of the molecule is CCCC(N)c1nc2ccc(Cl)cc2n1CC. The van der Waals surface area contributed by atoms with Crippen LogP contribution in [0.4, 0.5) is 0 Å². The molecule has 0 bridgehead atoms. The molecule has 0 saturated heterocycles. The van der Waals surface area contributed by atoms with Gasteiger partial charge in [-0.05, 0) is 31.5 Å². The molecule has 0 saturated carbocycles. The van der Waals surface area contributed by atoms with Gasteiger partial charge in [-0.3, -0.25) is 0 Å². The highest BCUT2D eigenvalue weighted by Crippen LogP contribution is 2.24. The van der Waals surface area contributed by atoms with Crippen LogP contribution >= 0.6 is 11.6 Å². The summed E-state index contributed by atoms with van der Waals surface area (Å²) in [7, 11) is 0. The van der Waals surface area contributed by atoms with Crippen molar-refractivity contribution in [3.63, 3.8) is 0 Å². The standard InChI is InChI=1S/C13H18ClN3/c1-3-5-10(15)13-16-11-7-6-9(14)8-12(11)17(13)4-2/h6-8,10H,3-5,15H2,1-2H3. The number of benzene rings is 1. The van der Waals surface area contributed by atoms with E-state index in [9.17, 15) is 0 Å². The maximum Gasteiger partial charge on any atom is 0.126 e. The molecule has 2 aromatic rings. The number of rotatable bonds is 4. The van der Waals surface area contributed by atoms with Gasteiger partial charge in [0.25, 0.3) is 0 Å². The summed E-state index contributed by atoms with van der Waals surface area (Å²) in [4.78, 5) is 4.62. The molecule has 0 aliphatic carbocycles. The van der Waals surface area contributed by atoms with E-state index in [0.29, 0.717) is 0 Å². The van der Waals surface area contributed by atoms with Gasteiger partial charge in [0.15, 0.2) is 0 Å². The van der Waals surface area contributed by atoms with Gasteiger partial charge < -0.3 is 10.3 Å². The first-order valence-electron chi connectivity index (χ1n) is 6.08. The van der Waals surface area contributed by atoms with Gasteiger partial charge in [-0.15, -0.1) is 0 Å². The zero-order valence-corrected chi connectivity index (χ0v) is 11.0. The van der Waals surface area contributed by atoms with Crippen LogP contribution in [0, 0.1) is 0 Å². The minimum Gasteiger partial charge on any atom is -0.327 e. The highest BCUT2D eigenvalue weighted by Gasteiger charge is 2.15. The van der Waals surface area contributed by atoms with Gasteiger partial charge in [-0.2, -0.15) is 0 Å². The van der Waals surface area contributed by atoms with Crippen molar-refractivity contribution in [1.29, 1.82) is 0 Å². The fourth-order valence-corrected chi connectivity index (χ4v) is 2.34. The number of hydrogen-bond acceptors (Lipinski definition) is 2. The molecule has 4 heteroatoms. The number of nitrogens with zero attached hydrogens (tertiary/aromatic N) is 2. The first-order chi connectivity index (χ1) is 8.17. The highest BCUT2D eigenvalue weighted by molar-refractivity contribution is 6.31. The molecule has 17 heavy (non-hydrogen) atoms. The van der Waals surface area contributed by atoms with Crippen LogP contribution in [-0.2, 0) is 6.54 Å². The Balaban J connectivity index is 2.55. The molecule has 1 aromatic heterocycles. The van der Waals surface area contributed by atoms with E-state index >= 15 is 0 Å². The monoisotopic (exact) mass is 251 g/mol. The van der Waals surface area contributed by atoms with Crippen LogP contribution in [0.15, 0.2) is 18.2 Å². The summed E-state index contributed by atoms with van der Waals surface area (Å²) in [6.45, 7) is 5.10. The number of halogens is 1. The van der Waals surface area contributed by atoms with Crippen molar-refractivity contribution in [3.05, 3.63) is 29.0 Å². The molecule has 0 amide bonds. The molecule has 3 nitrogen and oxygen atoms in total. The molecule has 92 valence electrons. The average molecular weight is 252 g/mol. The van der Waals surface area contributed by atoms with Gasteiger partial charge in [0.05, 0.1) is 17.1 Å². The summed E-state index contributed by atoms with van der Waals surface area (Å²) < 4.78 is 2.15. The molecule has 1 unspecified atom stereocenters. The lowest BCUT2D eigenvalue weighted by Gasteiger charge is -2.12. The van der Waals surface area contributed by atoms with Gasteiger partial charge >= 0.3 is 0 Å². The van der Waals surface area contributed by atoms with Crippen LogP contribution in [0.5, 0.6) is 0 Å². The number of nitrogens with two attached hydrogens (primary N) is 1. The second-order valence-corrected chi connectivity index (χ2v) is 4.68. The van der Waals surface area contributed by atoms with Crippen molar-refractivity contribution in [2.45, 2.75) is 39.3 Å². The van der Waals surface area contributed by atoms with Crippen molar-refractivity contribution in [3.8, 4) is 0 Å². The Bertz CT molecular complexity index is 519. The fraction of sp³-hybridized carbons (Fsp3) is 0.462. The minimum atomic E-state index is 0.00567. The molecule has 2 rings (SSSR count). The minimum absolute atomic E-state index is 0.00567. The molecular weight excluding hydrogens is 234 g/mol. The van der Waals surface area contributed by atoms with Crippen LogP contribution in [0.2, 0.25) is 5.02 Å². The smallest absolute Gasteiger partial charge is 0.126 e. The van der Waals surface area contributed by atoms with E-state index in [-0.39, 0.29) is 6.04 Å². The normalized spacial score (nSPS) is 13.2.